The number of hydrogen-bond donors (Lipinski definition) is 3. The first-order valence-electron chi connectivity index (χ1n) is 6.21. The molecule has 0 aliphatic heterocycles. The minimum Gasteiger partial charge on any atom is -0.506 e. The fraction of sp³-hybridized carbons (Fsp3) is 0.0667. The van der Waals surface area contributed by atoms with E-state index >= 15 is 0 Å². The van der Waals surface area contributed by atoms with Gasteiger partial charge in [0, 0.05) is 0 Å². The maximum atomic E-state index is 11.7. The van der Waals surface area contributed by atoms with Gasteiger partial charge in [-0.15, -0.1) is 0 Å². The molecule has 0 saturated carbocycles. The number of anilines is 1. The quantitative estimate of drug-likeness (QED) is 0.749. The molecule has 0 fully saturated rings. The largest absolute Gasteiger partial charge is 0.506 e. The fourth-order valence-corrected chi connectivity index (χ4v) is 2.00. The van der Waals surface area contributed by atoms with E-state index in [2.05, 4.69) is 5.32 Å². The standard InChI is InChI=1S/C15H12ClNO5/c16-10-6-7-11(18)13(12(10)14(19)20)17-15(21)22-8-9-4-2-1-3-5-9/h1-7,18H,8H2,(H,17,21)(H,19,20). The molecule has 2 aromatic carbocycles. The molecule has 0 unspecified atom stereocenters. The maximum Gasteiger partial charge on any atom is 0.412 e. The molecule has 2 aromatic rings. The van der Waals surface area contributed by atoms with E-state index in [1.807, 2.05) is 6.07 Å². The van der Waals surface area contributed by atoms with Crippen molar-refractivity contribution in [2.75, 3.05) is 5.32 Å². The molecule has 0 saturated heterocycles. The molecule has 114 valence electrons. The lowest BCUT2D eigenvalue weighted by Gasteiger charge is -2.12. The zero-order valence-electron chi connectivity index (χ0n) is 11.2. The van der Waals surface area contributed by atoms with E-state index < -0.39 is 23.4 Å². The van der Waals surface area contributed by atoms with Crippen LogP contribution in [0.1, 0.15) is 15.9 Å². The summed E-state index contributed by atoms with van der Waals surface area (Å²) in [6.07, 6.45) is -0.899. The molecule has 0 aromatic heterocycles. The van der Waals surface area contributed by atoms with Crippen LogP contribution >= 0.6 is 11.6 Å². The Morgan fingerprint density at radius 2 is 1.82 bits per heavy atom. The number of carbonyl (C=O) groups excluding carboxylic acids is 1. The van der Waals surface area contributed by atoms with E-state index in [9.17, 15) is 14.7 Å². The van der Waals surface area contributed by atoms with Crippen LogP contribution in [0.25, 0.3) is 0 Å². The van der Waals surface area contributed by atoms with E-state index in [-0.39, 0.29) is 17.3 Å². The zero-order chi connectivity index (χ0) is 16.1. The Kier molecular flexibility index (Phi) is 4.85. The number of halogens is 1. The molecule has 0 radical (unpaired) electrons. The van der Waals surface area contributed by atoms with Crippen molar-refractivity contribution >= 4 is 29.4 Å². The molecule has 0 aliphatic carbocycles. The Labute approximate surface area is 130 Å². The SMILES string of the molecule is O=C(Nc1c(O)ccc(Cl)c1C(=O)O)OCc1ccccc1. The highest BCUT2D eigenvalue weighted by Crippen LogP contribution is 2.33. The lowest BCUT2D eigenvalue weighted by molar-refractivity contribution is 0.0698. The van der Waals surface area contributed by atoms with Gasteiger partial charge in [-0.1, -0.05) is 41.9 Å². The van der Waals surface area contributed by atoms with Gasteiger partial charge < -0.3 is 14.9 Å². The Hall–Kier alpha value is -2.73. The van der Waals surface area contributed by atoms with Crippen molar-refractivity contribution in [3.05, 3.63) is 58.6 Å². The first-order valence-corrected chi connectivity index (χ1v) is 6.59. The van der Waals surface area contributed by atoms with Crippen molar-refractivity contribution in [1.29, 1.82) is 0 Å². The lowest BCUT2D eigenvalue weighted by Crippen LogP contribution is -2.16. The number of hydrogen-bond acceptors (Lipinski definition) is 4. The second kappa shape index (κ2) is 6.82. The molecule has 0 spiro atoms. The van der Waals surface area contributed by atoms with Crippen LogP contribution in [-0.4, -0.2) is 22.3 Å². The van der Waals surface area contributed by atoms with Crippen molar-refractivity contribution in [1.82, 2.24) is 0 Å². The molecule has 3 N–H and O–H groups in total. The van der Waals surface area contributed by atoms with E-state index in [1.54, 1.807) is 24.3 Å². The van der Waals surface area contributed by atoms with Crippen molar-refractivity contribution in [2.45, 2.75) is 6.61 Å². The third kappa shape index (κ3) is 3.67. The van der Waals surface area contributed by atoms with Gasteiger partial charge in [-0.3, -0.25) is 5.32 Å². The van der Waals surface area contributed by atoms with E-state index in [0.29, 0.717) is 0 Å². The number of amides is 1. The molecule has 22 heavy (non-hydrogen) atoms. The first kappa shape index (κ1) is 15.7. The molecule has 7 heteroatoms. The number of carboxylic acid groups (broad SMARTS) is 1. The fourth-order valence-electron chi connectivity index (χ4n) is 1.76. The topological polar surface area (TPSA) is 95.9 Å². The molecular formula is C15H12ClNO5. The number of ether oxygens (including phenoxy) is 1. The van der Waals surface area contributed by atoms with Crippen molar-refractivity contribution < 1.29 is 24.5 Å². The minimum absolute atomic E-state index is 0.0103. The number of benzene rings is 2. The number of rotatable bonds is 4. The van der Waals surface area contributed by atoms with Crippen LogP contribution in [0, 0.1) is 0 Å². The van der Waals surface area contributed by atoms with E-state index in [4.69, 9.17) is 21.4 Å². The highest BCUT2D eigenvalue weighted by molar-refractivity contribution is 6.34. The van der Waals surface area contributed by atoms with Gasteiger partial charge in [0.25, 0.3) is 0 Å². The van der Waals surface area contributed by atoms with Crippen LogP contribution in [-0.2, 0) is 11.3 Å². The molecule has 1 amide bonds. The average molecular weight is 322 g/mol. The van der Waals surface area contributed by atoms with Gasteiger partial charge in [-0.2, -0.15) is 0 Å². The number of carboxylic acids is 1. The number of aromatic carboxylic acids is 1. The van der Waals surface area contributed by atoms with Crippen LogP contribution in [0.5, 0.6) is 5.75 Å². The number of phenols is 1. The Morgan fingerprint density at radius 1 is 1.14 bits per heavy atom. The monoisotopic (exact) mass is 321 g/mol. The summed E-state index contributed by atoms with van der Waals surface area (Å²) in [5.74, 6) is -1.79. The predicted molar refractivity (Wildman–Crippen MR) is 80.3 cm³/mol. The Bertz CT molecular complexity index is 703. The molecule has 0 atom stereocenters. The molecular weight excluding hydrogens is 310 g/mol. The van der Waals surface area contributed by atoms with Gasteiger partial charge in [-0.05, 0) is 17.7 Å². The summed E-state index contributed by atoms with van der Waals surface area (Å²) in [4.78, 5) is 22.9. The molecule has 0 bridgehead atoms. The van der Waals surface area contributed by atoms with Gasteiger partial charge in [-0.25, -0.2) is 9.59 Å². The summed E-state index contributed by atoms with van der Waals surface area (Å²) in [7, 11) is 0. The van der Waals surface area contributed by atoms with Crippen LogP contribution in [0.2, 0.25) is 5.02 Å². The highest BCUT2D eigenvalue weighted by Gasteiger charge is 2.20. The third-order valence-corrected chi connectivity index (χ3v) is 3.10. The maximum absolute atomic E-state index is 11.7. The van der Waals surface area contributed by atoms with Crippen LogP contribution in [0.15, 0.2) is 42.5 Å². The number of nitrogens with one attached hydrogen (secondary N) is 1. The highest BCUT2D eigenvalue weighted by atomic mass is 35.5. The average Bonchev–Trinajstić information content (AvgIpc) is 2.49. The summed E-state index contributed by atoms with van der Waals surface area (Å²) in [5.41, 5.74) is 0.0582. The predicted octanol–water partition coefficient (Wildman–Crippen LogP) is 3.49. The van der Waals surface area contributed by atoms with Crippen molar-refractivity contribution in [3.63, 3.8) is 0 Å². The van der Waals surface area contributed by atoms with Gasteiger partial charge in [0.05, 0.1) is 5.02 Å². The molecule has 0 heterocycles. The number of carbonyl (C=O) groups is 2. The van der Waals surface area contributed by atoms with Crippen molar-refractivity contribution in [3.8, 4) is 5.75 Å². The molecule has 6 nitrogen and oxygen atoms in total. The van der Waals surface area contributed by atoms with Gasteiger partial charge >= 0.3 is 12.1 Å². The van der Waals surface area contributed by atoms with Gasteiger partial charge in [0.1, 0.15) is 23.6 Å². The Balaban J connectivity index is 2.12. The second-order valence-electron chi connectivity index (χ2n) is 4.31. The summed E-state index contributed by atoms with van der Waals surface area (Å²) in [6, 6.07) is 11.4. The third-order valence-electron chi connectivity index (χ3n) is 2.79. The smallest absolute Gasteiger partial charge is 0.412 e. The second-order valence-corrected chi connectivity index (χ2v) is 4.72. The lowest BCUT2D eigenvalue weighted by atomic mass is 10.1. The Morgan fingerprint density at radius 3 is 2.45 bits per heavy atom. The van der Waals surface area contributed by atoms with Gasteiger partial charge in [0.15, 0.2) is 0 Å². The van der Waals surface area contributed by atoms with Crippen LogP contribution < -0.4 is 5.32 Å². The molecule has 2 rings (SSSR count). The van der Waals surface area contributed by atoms with Crippen LogP contribution in [0.3, 0.4) is 0 Å². The summed E-state index contributed by atoms with van der Waals surface area (Å²) in [6.45, 7) is 0.0103. The van der Waals surface area contributed by atoms with E-state index in [1.165, 1.54) is 12.1 Å². The minimum atomic E-state index is -1.38. The van der Waals surface area contributed by atoms with Crippen LogP contribution in [0.4, 0.5) is 10.5 Å². The summed E-state index contributed by atoms with van der Waals surface area (Å²) < 4.78 is 4.96. The van der Waals surface area contributed by atoms with Crippen molar-refractivity contribution in [2.24, 2.45) is 0 Å². The first-order chi connectivity index (χ1) is 10.5. The summed E-state index contributed by atoms with van der Waals surface area (Å²) >= 11 is 5.77. The zero-order valence-corrected chi connectivity index (χ0v) is 12.0. The van der Waals surface area contributed by atoms with E-state index in [0.717, 1.165) is 5.56 Å². The number of aromatic hydroxyl groups is 1. The molecule has 0 aliphatic rings. The number of phenolic OH excluding ortho intramolecular Hbond substituents is 1. The van der Waals surface area contributed by atoms with Gasteiger partial charge in [0.2, 0.25) is 0 Å². The summed E-state index contributed by atoms with van der Waals surface area (Å²) in [5, 5.41) is 20.9. The normalized spacial score (nSPS) is 10.0.